The molecule has 0 spiro atoms. The Labute approximate surface area is 110 Å². The number of halogens is 1. The van der Waals surface area contributed by atoms with Crippen molar-refractivity contribution in [2.75, 3.05) is 5.32 Å². The Balaban J connectivity index is 2.24. The second-order valence-electron chi connectivity index (χ2n) is 3.80. The van der Waals surface area contributed by atoms with Gasteiger partial charge in [0.1, 0.15) is 6.07 Å². The van der Waals surface area contributed by atoms with Crippen LogP contribution in [-0.4, -0.2) is 9.97 Å². The highest BCUT2D eigenvalue weighted by molar-refractivity contribution is 6.30. The number of hydrogen-bond donors (Lipinski definition) is 1. The Bertz CT molecular complexity index is 577. The smallest absolute Gasteiger partial charge is 0.101 e. The summed E-state index contributed by atoms with van der Waals surface area (Å²) in [6, 6.07) is 7.18. The lowest BCUT2D eigenvalue weighted by Gasteiger charge is -2.15. The van der Waals surface area contributed by atoms with Crippen molar-refractivity contribution in [2.45, 2.75) is 13.0 Å². The predicted molar refractivity (Wildman–Crippen MR) is 70.2 cm³/mol. The van der Waals surface area contributed by atoms with E-state index < -0.39 is 0 Å². The molecule has 2 rings (SSSR count). The molecule has 0 aliphatic rings. The molecule has 18 heavy (non-hydrogen) atoms. The Morgan fingerprint density at radius 1 is 1.39 bits per heavy atom. The molecule has 2 aromatic rings. The maximum Gasteiger partial charge on any atom is 0.101 e. The molecule has 1 aromatic heterocycles. The highest BCUT2D eigenvalue weighted by atomic mass is 35.5. The van der Waals surface area contributed by atoms with E-state index in [1.165, 1.54) is 0 Å². The molecule has 0 radical (unpaired) electrons. The molecule has 0 fully saturated rings. The van der Waals surface area contributed by atoms with Crippen LogP contribution in [0, 0.1) is 11.3 Å². The zero-order valence-electron chi connectivity index (χ0n) is 9.76. The summed E-state index contributed by atoms with van der Waals surface area (Å²) >= 11 is 5.93. The van der Waals surface area contributed by atoms with Crippen molar-refractivity contribution in [3.63, 3.8) is 0 Å². The molecule has 0 bridgehead atoms. The molecule has 1 unspecified atom stereocenters. The van der Waals surface area contributed by atoms with Gasteiger partial charge in [-0.15, -0.1) is 0 Å². The fourth-order valence-corrected chi connectivity index (χ4v) is 1.75. The van der Waals surface area contributed by atoms with Crippen LogP contribution in [-0.2, 0) is 0 Å². The maximum absolute atomic E-state index is 9.03. The Hall–Kier alpha value is -2.12. The zero-order valence-corrected chi connectivity index (χ0v) is 10.5. The average molecular weight is 259 g/mol. The zero-order chi connectivity index (χ0) is 13.0. The van der Waals surface area contributed by atoms with Crippen molar-refractivity contribution in [3.05, 3.63) is 53.1 Å². The van der Waals surface area contributed by atoms with Crippen molar-refractivity contribution < 1.29 is 0 Å². The lowest BCUT2D eigenvalue weighted by Crippen LogP contribution is -2.09. The van der Waals surface area contributed by atoms with E-state index in [9.17, 15) is 0 Å². The molecule has 5 heteroatoms. The van der Waals surface area contributed by atoms with Crippen LogP contribution < -0.4 is 5.32 Å². The van der Waals surface area contributed by atoms with E-state index in [0.29, 0.717) is 16.3 Å². The lowest BCUT2D eigenvalue weighted by atomic mass is 10.1. The van der Waals surface area contributed by atoms with Crippen molar-refractivity contribution in [2.24, 2.45) is 0 Å². The van der Waals surface area contributed by atoms with E-state index >= 15 is 0 Å². The van der Waals surface area contributed by atoms with Crippen LogP contribution in [0.25, 0.3) is 0 Å². The summed E-state index contributed by atoms with van der Waals surface area (Å²) in [5, 5.41) is 12.8. The maximum atomic E-state index is 9.03. The number of nitrogens with one attached hydrogen (secondary N) is 1. The molecular weight excluding hydrogens is 248 g/mol. The predicted octanol–water partition coefficient (Wildman–Crippen LogP) is 3.17. The Morgan fingerprint density at radius 2 is 2.22 bits per heavy atom. The molecule has 1 atom stereocenters. The number of anilines is 1. The van der Waals surface area contributed by atoms with Gasteiger partial charge >= 0.3 is 0 Å². The fraction of sp³-hybridized carbons (Fsp3) is 0.154. The molecule has 0 saturated carbocycles. The number of hydrogen-bond acceptors (Lipinski definition) is 4. The van der Waals surface area contributed by atoms with Crippen LogP contribution in [0.3, 0.4) is 0 Å². The standard InChI is InChI=1S/C13H11ClN4/c1-9(13-8-16-4-5-17-13)18-12-6-11(14)3-2-10(12)7-15/h2-6,8-9,18H,1H3. The number of aromatic nitrogens is 2. The van der Waals surface area contributed by atoms with E-state index in [-0.39, 0.29) is 6.04 Å². The van der Waals surface area contributed by atoms with Gasteiger partial charge in [0.2, 0.25) is 0 Å². The minimum Gasteiger partial charge on any atom is -0.376 e. The third kappa shape index (κ3) is 2.76. The van der Waals surface area contributed by atoms with Gasteiger partial charge in [0, 0.05) is 17.4 Å². The van der Waals surface area contributed by atoms with Gasteiger partial charge in [-0.25, -0.2) is 0 Å². The van der Waals surface area contributed by atoms with Crippen molar-refractivity contribution >= 4 is 17.3 Å². The van der Waals surface area contributed by atoms with Gasteiger partial charge < -0.3 is 5.32 Å². The average Bonchev–Trinajstić information content (AvgIpc) is 2.40. The molecular formula is C13H11ClN4. The number of rotatable bonds is 3. The number of benzene rings is 1. The van der Waals surface area contributed by atoms with Crippen LogP contribution in [0.1, 0.15) is 24.2 Å². The topological polar surface area (TPSA) is 61.6 Å². The van der Waals surface area contributed by atoms with E-state index in [4.69, 9.17) is 16.9 Å². The highest BCUT2D eigenvalue weighted by Crippen LogP contribution is 2.24. The summed E-state index contributed by atoms with van der Waals surface area (Å²) in [4.78, 5) is 8.23. The van der Waals surface area contributed by atoms with Gasteiger partial charge in [0.15, 0.2) is 0 Å². The molecule has 1 aromatic carbocycles. The van der Waals surface area contributed by atoms with Crippen LogP contribution in [0.4, 0.5) is 5.69 Å². The fourth-order valence-electron chi connectivity index (χ4n) is 1.57. The first-order valence-electron chi connectivity index (χ1n) is 5.43. The molecule has 4 nitrogen and oxygen atoms in total. The highest BCUT2D eigenvalue weighted by Gasteiger charge is 2.09. The summed E-state index contributed by atoms with van der Waals surface area (Å²) in [6.07, 6.45) is 4.95. The summed E-state index contributed by atoms with van der Waals surface area (Å²) in [7, 11) is 0. The summed E-state index contributed by atoms with van der Waals surface area (Å²) in [5.41, 5.74) is 2.06. The molecule has 1 heterocycles. The number of nitriles is 1. The first-order chi connectivity index (χ1) is 8.70. The molecule has 0 aliphatic carbocycles. The normalized spacial score (nSPS) is 11.6. The Morgan fingerprint density at radius 3 is 2.89 bits per heavy atom. The van der Waals surface area contributed by atoms with Gasteiger partial charge in [-0.1, -0.05) is 11.6 Å². The van der Waals surface area contributed by atoms with E-state index in [0.717, 1.165) is 5.69 Å². The monoisotopic (exact) mass is 258 g/mol. The molecule has 90 valence electrons. The molecule has 0 saturated heterocycles. The summed E-state index contributed by atoms with van der Waals surface area (Å²) < 4.78 is 0. The van der Waals surface area contributed by atoms with Crippen LogP contribution in [0.15, 0.2) is 36.8 Å². The third-order valence-corrected chi connectivity index (χ3v) is 2.74. The second-order valence-corrected chi connectivity index (χ2v) is 4.23. The van der Waals surface area contributed by atoms with Gasteiger partial charge in [0.25, 0.3) is 0 Å². The minimum absolute atomic E-state index is 0.0516. The quantitative estimate of drug-likeness (QED) is 0.919. The van der Waals surface area contributed by atoms with Gasteiger partial charge in [-0.05, 0) is 25.1 Å². The molecule has 0 amide bonds. The van der Waals surface area contributed by atoms with E-state index in [2.05, 4.69) is 21.4 Å². The second kappa shape index (κ2) is 5.48. The Kier molecular flexibility index (Phi) is 3.75. The van der Waals surface area contributed by atoms with E-state index in [1.807, 2.05) is 6.92 Å². The van der Waals surface area contributed by atoms with Gasteiger partial charge in [0.05, 0.1) is 29.2 Å². The lowest BCUT2D eigenvalue weighted by molar-refractivity contribution is 0.827. The molecule has 0 aliphatic heterocycles. The summed E-state index contributed by atoms with van der Waals surface area (Å²) in [5.74, 6) is 0. The van der Waals surface area contributed by atoms with Crippen molar-refractivity contribution in [1.29, 1.82) is 5.26 Å². The van der Waals surface area contributed by atoms with Crippen LogP contribution >= 0.6 is 11.6 Å². The summed E-state index contributed by atoms with van der Waals surface area (Å²) in [6.45, 7) is 1.95. The minimum atomic E-state index is -0.0516. The van der Waals surface area contributed by atoms with Crippen molar-refractivity contribution in [1.82, 2.24) is 9.97 Å². The van der Waals surface area contributed by atoms with E-state index in [1.54, 1.807) is 36.8 Å². The largest absolute Gasteiger partial charge is 0.376 e. The molecule has 1 N–H and O–H groups in total. The van der Waals surface area contributed by atoms with Crippen LogP contribution in [0.5, 0.6) is 0 Å². The van der Waals surface area contributed by atoms with Crippen LogP contribution in [0.2, 0.25) is 5.02 Å². The SMILES string of the molecule is CC(Nc1cc(Cl)ccc1C#N)c1cnccn1. The number of nitrogens with zero attached hydrogens (tertiary/aromatic N) is 3. The van der Waals surface area contributed by atoms with Gasteiger partial charge in [-0.2, -0.15) is 5.26 Å². The first-order valence-corrected chi connectivity index (χ1v) is 5.80. The third-order valence-electron chi connectivity index (χ3n) is 2.50. The van der Waals surface area contributed by atoms with Gasteiger partial charge in [-0.3, -0.25) is 9.97 Å². The first kappa shape index (κ1) is 12.3. The van der Waals surface area contributed by atoms with Crippen molar-refractivity contribution in [3.8, 4) is 6.07 Å².